The first kappa shape index (κ1) is 45.1. The summed E-state index contributed by atoms with van der Waals surface area (Å²) in [6.07, 6.45) is 4.90. The van der Waals surface area contributed by atoms with Gasteiger partial charge in [0.05, 0.1) is 16.5 Å². The Hall–Kier alpha value is -2.91. The summed E-state index contributed by atoms with van der Waals surface area (Å²) in [6.45, 7) is 1.76. The van der Waals surface area contributed by atoms with Crippen molar-refractivity contribution in [2.75, 3.05) is 42.4 Å². The van der Waals surface area contributed by atoms with E-state index >= 15 is 0 Å². The summed E-state index contributed by atoms with van der Waals surface area (Å²) < 4.78 is 9.73. The molecule has 0 aliphatic heterocycles. The summed E-state index contributed by atoms with van der Waals surface area (Å²) in [6, 6.07) is 10.4. The number of hydrogen-bond acceptors (Lipinski definition) is 10. The zero-order chi connectivity index (χ0) is 35.8. The number of nitrogens with one attached hydrogen (secondary N) is 1. The minimum atomic E-state index is -0.258. The molecule has 0 amide bonds. The molecule has 4 rings (SSSR count). The molecule has 0 saturated carbocycles. The summed E-state index contributed by atoms with van der Waals surface area (Å²) in [5.41, 5.74) is 1.87. The third kappa shape index (κ3) is 14.7. The smallest absolute Gasteiger partial charge is 0.258 e. The molecule has 18 heteroatoms. The van der Waals surface area contributed by atoms with Crippen LogP contribution < -0.4 is 5.56 Å². The number of rotatable bonds is 5. The highest BCUT2D eigenvalue weighted by atomic mass is 35.5. The second-order valence-corrected chi connectivity index (χ2v) is 11.6. The van der Waals surface area contributed by atoms with Crippen LogP contribution in [-0.4, -0.2) is 78.6 Å². The van der Waals surface area contributed by atoms with Crippen molar-refractivity contribution < 1.29 is 9.47 Å². The van der Waals surface area contributed by atoms with E-state index in [0.717, 1.165) is 5.56 Å². The summed E-state index contributed by atoms with van der Waals surface area (Å²) in [5.74, 6) is 0. The van der Waals surface area contributed by atoms with Crippen LogP contribution in [0.15, 0.2) is 41.5 Å². The molecular formula is C30H31Cl7N8O3. The van der Waals surface area contributed by atoms with Crippen molar-refractivity contribution in [1.29, 1.82) is 10.5 Å². The monoisotopic (exact) mass is 796 g/mol. The Morgan fingerprint density at radius 2 is 1.33 bits per heavy atom. The Morgan fingerprint density at radius 1 is 0.833 bits per heavy atom. The summed E-state index contributed by atoms with van der Waals surface area (Å²) in [5, 5.41) is 19.8. The third-order valence-electron chi connectivity index (χ3n) is 5.40. The summed E-state index contributed by atoms with van der Waals surface area (Å²) in [7, 11) is 10.7. The van der Waals surface area contributed by atoms with E-state index in [2.05, 4.69) is 19.9 Å². The van der Waals surface area contributed by atoms with Crippen molar-refractivity contribution in [3.63, 3.8) is 0 Å². The van der Waals surface area contributed by atoms with E-state index in [1.165, 1.54) is 6.20 Å². The van der Waals surface area contributed by atoms with Crippen LogP contribution in [0.1, 0.15) is 22.3 Å². The van der Waals surface area contributed by atoms with Crippen molar-refractivity contribution in [3.8, 4) is 12.1 Å². The lowest BCUT2D eigenvalue weighted by Gasteiger charge is -2.19. The number of H-pyrrole nitrogens is 1. The van der Waals surface area contributed by atoms with Crippen LogP contribution >= 0.6 is 82.0 Å². The van der Waals surface area contributed by atoms with Crippen molar-refractivity contribution in [3.05, 3.63) is 100 Å². The Balaban J connectivity index is 0.000000624. The number of methoxy groups -OCH3 is 2. The standard InChI is InChI=1S/C10H9Cl2N3.C8H4Cl2N2O.C7H4Cl2N2.C5H13NO2.ClH/c1-15(2)4-3-7-5-9(11)14-10(12)8(7)6-13;9-5-3-4-1-2-11-8(13)6(4)7(10)12-5;1-4-2-6(8)11-7(9)5(4)3-10;1-6(2)5(7-3)8-4;/h3-5H,1-2H3;1-3H,(H,11,13);2H,1H3;5H,1-4H3;1H/b4-3+;;;;. The van der Waals surface area contributed by atoms with Crippen LogP contribution in [0, 0.1) is 29.6 Å². The fourth-order valence-corrected chi connectivity index (χ4v) is 4.95. The van der Waals surface area contributed by atoms with Crippen molar-refractivity contribution in [2.45, 2.75) is 13.3 Å². The number of halogens is 7. The number of nitriles is 2. The Labute approximate surface area is 314 Å². The number of aromatic nitrogens is 4. The molecule has 0 bridgehead atoms. The normalized spacial score (nSPS) is 10.1. The van der Waals surface area contributed by atoms with Crippen LogP contribution in [0.3, 0.4) is 0 Å². The number of aromatic amines is 1. The van der Waals surface area contributed by atoms with E-state index < -0.39 is 0 Å². The molecule has 4 heterocycles. The van der Waals surface area contributed by atoms with Crippen LogP contribution in [0.4, 0.5) is 0 Å². The van der Waals surface area contributed by atoms with Crippen LogP contribution in [0.5, 0.6) is 0 Å². The Kier molecular flexibility index (Phi) is 21.3. The van der Waals surface area contributed by atoms with E-state index in [9.17, 15) is 4.79 Å². The maximum absolute atomic E-state index is 11.3. The van der Waals surface area contributed by atoms with Gasteiger partial charge in [-0.05, 0) is 74.1 Å². The summed E-state index contributed by atoms with van der Waals surface area (Å²) in [4.78, 5) is 28.8. The number of aryl methyl sites for hydroxylation is 1. The van der Waals surface area contributed by atoms with E-state index in [0.29, 0.717) is 32.6 Å². The van der Waals surface area contributed by atoms with Crippen molar-refractivity contribution in [2.24, 2.45) is 0 Å². The molecule has 0 aromatic carbocycles. The summed E-state index contributed by atoms with van der Waals surface area (Å²) >= 11 is 34.1. The number of fused-ring (bicyclic) bond motifs is 1. The topological polar surface area (TPSA) is 144 Å². The number of ether oxygens (including phenoxy) is 2. The van der Waals surface area contributed by atoms with Gasteiger partial charge in [0.1, 0.15) is 43.1 Å². The average molecular weight is 800 g/mol. The molecule has 0 aliphatic carbocycles. The van der Waals surface area contributed by atoms with Crippen molar-refractivity contribution >= 4 is 98.9 Å². The molecule has 11 nitrogen and oxygen atoms in total. The molecule has 48 heavy (non-hydrogen) atoms. The Bertz CT molecular complexity index is 1800. The highest BCUT2D eigenvalue weighted by molar-refractivity contribution is 6.36. The van der Waals surface area contributed by atoms with Gasteiger partial charge in [-0.1, -0.05) is 69.6 Å². The SMILES string of the molecule is CN(C)/C=C/c1cc(Cl)nc(Cl)c1C#N.COC(OC)N(C)C.Cc1cc(Cl)nc(Cl)c1C#N.Cl.O=c1[nH]ccc2cc(Cl)nc(Cl)c12. The molecule has 4 aromatic heterocycles. The molecule has 0 radical (unpaired) electrons. The highest BCUT2D eigenvalue weighted by Gasteiger charge is 2.09. The lowest BCUT2D eigenvalue weighted by atomic mass is 10.1. The fraction of sp³-hybridized carbons (Fsp3) is 0.267. The van der Waals surface area contributed by atoms with E-state index in [1.54, 1.807) is 51.5 Å². The van der Waals surface area contributed by atoms with Gasteiger partial charge in [-0.15, -0.1) is 12.4 Å². The molecule has 4 aromatic rings. The zero-order valence-corrected chi connectivity index (χ0v) is 32.0. The maximum Gasteiger partial charge on any atom is 0.258 e. The van der Waals surface area contributed by atoms with Crippen LogP contribution in [0.2, 0.25) is 30.9 Å². The van der Waals surface area contributed by atoms with Gasteiger partial charge >= 0.3 is 0 Å². The van der Waals surface area contributed by atoms with E-state index in [1.807, 2.05) is 56.3 Å². The van der Waals surface area contributed by atoms with Crippen LogP contribution in [0.25, 0.3) is 16.8 Å². The highest BCUT2D eigenvalue weighted by Crippen LogP contribution is 2.23. The quantitative estimate of drug-likeness (QED) is 0.155. The molecule has 0 aliphatic rings. The fourth-order valence-electron chi connectivity index (χ4n) is 3.36. The molecule has 0 saturated heterocycles. The van der Waals surface area contributed by atoms with Gasteiger partial charge in [0.2, 0.25) is 6.41 Å². The predicted octanol–water partition coefficient (Wildman–Crippen LogP) is 8.14. The first-order valence-corrected chi connectivity index (χ1v) is 15.3. The maximum atomic E-state index is 11.3. The van der Waals surface area contributed by atoms with Gasteiger partial charge in [-0.2, -0.15) is 10.5 Å². The molecule has 0 unspecified atom stereocenters. The van der Waals surface area contributed by atoms with Crippen molar-refractivity contribution in [1.82, 2.24) is 29.7 Å². The largest absolute Gasteiger partial charge is 0.383 e. The number of nitrogens with zero attached hydrogens (tertiary/aromatic N) is 7. The molecule has 0 atom stereocenters. The lowest BCUT2D eigenvalue weighted by Crippen LogP contribution is -2.30. The first-order chi connectivity index (χ1) is 22.1. The van der Waals surface area contributed by atoms with E-state index in [4.69, 9.17) is 89.6 Å². The van der Waals surface area contributed by atoms with Gasteiger partial charge in [-0.25, -0.2) is 15.0 Å². The molecule has 0 fully saturated rings. The number of pyridine rings is 4. The minimum Gasteiger partial charge on any atom is -0.383 e. The third-order valence-corrected chi connectivity index (χ3v) is 6.80. The Morgan fingerprint density at radius 3 is 1.79 bits per heavy atom. The molecule has 0 spiro atoms. The molecule has 1 N–H and O–H groups in total. The average Bonchev–Trinajstić information content (AvgIpc) is 2.97. The lowest BCUT2D eigenvalue weighted by molar-refractivity contribution is -0.179. The van der Waals surface area contributed by atoms with Gasteiger partial charge in [-0.3, -0.25) is 9.69 Å². The molecular weight excluding hydrogens is 769 g/mol. The predicted molar refractivity (Wildman–Crippen MR) is 197 cm³/mol. The van der Waals surface area contributed by atoms with Gasteiger partial charge < -0.3 is 19.4 Å². The first-order valence-electron chi connectivity index (χ1n) is 13.0. The van der Waals surface area contributed by atoms with E-state index in [-0.39, 0.29) is 50.1 Å². The number of hydrogen-bond donors (Lipinski definition) is 1. The molecule has 258 valence electrons. The van der Waals surface area contributed by atoms with Gasteiger partial charge in [0, 0.05) is 34.5 Å². The minimum absolute atomic E-state index is 0. The van der Waals surface area contributed by atoms with Crippen LogP contribution in [-0.2, 0) is 9.47 Å². The second kappa shape index (κ2) is 22.7. The zero-order valence-electron chi connectivity index (χ0n) is 26.7. The van der Waals surface area contributed by atoms with Gasteiger partial charge in [0.25, 0.3) is 5.56 Å². The second-order valence-electron chi connectivity index (χ2n) is 9.38. The van der Waals surface area contributed by atoms with Gasteiger partial charge in [0.15, 0.2) is 0 Å².